The quantitative estimate of drug-likeness (QED) is 0.878. The van der Waals surface area contributed by atoms with Gasteiger partial charge in [0.2, 0.25) is 5.91 Å². The Labute approximate surface area is 152 Å². The highest BCUT2D eigenvalue weighted by Gasteiger charge is 2.63. The van der Waals surface area contributed by atoms with E-state index in [-0.39, 0.29) is 17.1 Å². The molecule has 2 aromatic carbocycles. The third kappa shape index (κ3) is 3.45. The van der Waals surface area contributed by atoms with Crippen molar-refractivity contribution in [1.29, 1.82) is 0 Å². The molecule has 1 heterocycles. The average Bonchev–Trinajstić information content (AvgIpc) is 2.95. The van der Waals surface area contributed by atoms with Crippen LogP contribution < -0.4 is 0 Å². The molecule has 0 fully saturated rings. The van der Waals surface area contributed by atoms with E-state index in [2.05, 4.69) is 5.10 Å². The van der Waals surface area contributed by atoms with Crippen LogP contribution in [0.15, 0.2) is 59.7 Å². The van der Waals surface area contributed by atoms with Crippen LogP contribution in [0, 0.1) is 0 Å². The summed E-state index contributed by atoms with van der Waals surface area (Å²) in [5.74, 6) is -0.944. The standard InChI is InChI=1S/C18H14ClF3N2O2/c19-14-8-6-13(7-9-14)15-11-17(26,18(20,21)22)24(23-15)16(25)10-12-4-2-1-3-5-12/h1-9,26H,10-11H2. The largest absolute Gasteiger partial charge is 0.438 e. The summed E-state index contributed by atoms with van der Waals surface area (Å²) in [4.78, 5) is 12.4. The average molecular weight is 383 g/mol. The van der Waals surface area contributed by atoms with Crippen molar-refractivity contribution in [2.75, 3.05) is 0 Å². The van der Waals surface area contributed by atoms with Crippen molar-refractivity contribution in [2.24, 2.45) is 5.10 Å². The summed E-state index contributed by atoms with van der Waals surface area (Å²) in [6.07, 6.45) is -6.22. The minimum atomic E-state index is -5.06. The van der Waals surface area contributed by atoms with Gasteiger partial charge in [0.1, 0.15) is 0 Å². The molecule has 2 aromatic rings. The number of rotatable bonds is 3. The third-order valence-corrected chi connectivity index (χ3v) is 4.30. The van der Waals surface area contributed by atoms with Crippen molar-refractivity contribution in [1.82, 2.24) is 5.01 Å². The van der Waals surface area contributed by atoms with Gasteiger partial charge in [0.25, 0.3) is 5.72 Å². The molecule has 1 N–H and O–H groups in total. The number of amides is 1. The molecule has 26 heavy (non-hydrogen) atoms. The van der Waals surface area contributed by atoms with E-state index in [4.69, 9.17) is 11.6 Å². The number of halogens is 4. The summed E-state index contributed by atoms with van der Waals surface area (Å²) in [5, 5.41) is 14.6. The maximum atomic E-state index is 13.5. The van der Waals surface area contributed by atoms with E-state index >= 15 is 0 Å². The van der Waals surface area contributed by atoms with Gasteiger partial charge in [0.15, 0.2) is 0 Å². The van der Waals surface area contributed by atoms with Crippen LogP contribution in [0.4, 0.5) is 13.2 Å². The molecule has 0 bridgehead atoms. The van der Waals surface area contributed by atoms with E-state index in [9.17, 15) is 23.1 Å². The van der Waals surface area contributed by atoms with E-state index in [0.29, 0.717) is 16.1 Å². The van der Waals surface area contributed by atoms with Gasteiger partial charge in [0, 0.05) is 5.02 Å². The van der Waals surface area contributed by atoms with Gasteiger partial charge in [-0.05, 0) is 23.3 Å². The molecule has 0 aliphatic carbocycles. The van der Waals surface area contributed by atoms with Crippen LogP contribution in [0.2, 0.25) is 5.02 Å². The zero-order valence-electron chi connectivity index (χ0n) is 13.4. The van der Waals surface area contributed by atoms with Crippen molar-refractivity contribution in [2.45, 2.75) is 24.7 Å². The number of carbonyl (C=O) groups is 1. The fraction of sp³-hybridized carbons (Fsp3) is 0.222. The molecule has 1 atom stereocenters. The second-order valence-corrected chi connectivity index (χ2v) is 6.35. The molecule has 0 saturated heterocycles. The normalized spacial score (nSPS) is 20.2. The molecule has 1 aliphatic heterocycles. The Morgan fingerprint density at radius 1 is 1.15 bits per heavy atom. The molecule has 0 saturated carbocycles. The lowest BCUT2D eigenvalue weighted by Gasteiger charge is -2.32. The molecule has 136 valence electrons. The number of carbonyl (C=O) groups excluding carboxylic acids is 1. The molecule has 1 amide bonds. The lowest BCUT2D eigenvalue weighted by molar-refractivity contribution is -0.302. The van der Waals surface area contributed by atoms with E-state index in [1.165, 1.54) is 24.3 Å². The second kappa shape index (κ2) is 6.74. The van der Waals surface area contributed by atoms with Crippen LogP contribution in [-0.4, -0.2) is 33.6 Å². The van der Waals surface area contributed by atoms with Gasteiger partial charge in [-0.25, -0.2) is 0 Å². The summed E-state index contributed by atoms with van der Waals surface area (Å²) in [5.41, 5.74) is -2.54. The summed E-state index contributed by atoms with van der Waals surface area (Å²) >= 11 is 5.78. The zero-order chi connectivity index (χ0) is 18.9. The van der Waals surface area contributed by atoms with E-state index in [0.717, 1.165) is 0 Å². The summed E-state index contributed by atoms with van der Waals surface area (Å²) < 4.78 is 40.5. The van der Waals surface area contributed by atoms with Crippen LogP contribution in [0.25, 0.3) is 0 Å². The van der Waals surface area contributed by atoms with Gasteiger partial charge in [0.05, 0.1) is 18.6 Å². The summed E-state index contributed by atoms with van der Waals surface area (Å²) in [6.45, 7) is 0. The first kappa shape index (κ1) is 18.4. The predicted octanol–water partition coefficient (Wildman–Crippen LogP) is 3.77. The number of nitrogens with zero attached hydrogens (tertiary/aromatic N) is 2. The number of hydrogen-bond acceptors (Lipinski definition) is 3. The van der Waals surface area contributed by atoms with E-state index in [1.54, 1.807) is 30.3 Å². The lowest BCUT2D eigenvalue weighted by atomic mass is 10.0. The Bertz CT molecular complexity index is 838. The molecule has 0 aromatic heterocycles. The first-order valence-electron chi connectivity index (χ1n) is 7.70. The van der Waals surface area contributed by atoms with Gasteiger partial charge < -0.3 is 5.11 Å². The Morgan fingerprint density at radius 3 is 2.35 bits per heavy atom. The monoisotopic (exact) mass is 382 g/mol. The van der Waals surface area contributed by atoms with Crippen molar-refractivity contribution < 1.29 is 23.1 Å². The fourth-order valence-corrected chi connectivity index (χ4v) is 2.80. The Balaban J connectivity index is 1.94. The molecule has 0 radical (unpaired) electrons. The fourth-order valence-electron chi connectivity index (χ4n) is 2.68. The number of hydrazone groups is 1. The predicted molar refractivity (Wildman–Crippen MR) is 90.6 cm³/mol. The van der Waals surface area contributed by atoms with Crippen LogP contribution in [0.3, 0.4) is 0 Å². The van der Waals surface area contributed by atoms with Crippen LogP contribution in [0.5, 0.6) is 0 Å². The van der Waals surface area contributed by atoms with Gasteiger partial charge >= 0.3 is 6.18 Å². The van der Waals surface area contributed by atoms with Crippen LogP contribution >= 0.6 is 11.6 Å². The molecular formula is C18H14ClF3N2O2. The Kier molecular flexibility index (Phi) is 4.77. The number of hydrogen-bond donors (Lipinski definition) is 1. The molecule has 3 rings (SSSR count). The highest BCUT2D eigenvalue weighted by Crippen LogP contribution is 2.41. The van der Waals surface area contributed by atoms with E-state index < -0.39 is 24.2 Å². The highest BCUT2D eigenvalue weighted by atomic mass is 35.5. The first-order valence-corrected chi connectivity index (χ1v) is 8.08. The summed E-state index contributed by atoms with van der Waals surface area (Å²) in [7, 11) is 0. The number of benzene rings is 2. The minimum Gasteiger partial charge on any atom is -0.362 e. The van der Waals surface area contributed by atoms with Gasteiger partial charge in [-0.2, -0.15) is 23.3 Å². The SMILES string of the molecule is O=C(Cc1ccccc1)N1N=C(c2ccc(Cl)cc2)CC1(O)C(F)(F)F. The van der Waals surface area contributed by atoms with Crippen molar-refractivity contribution in [3.05, 3.63) is 70.7 Å². The first-order chi connectivity index (χ1) is 12.2. The Hall–Kier alpha value is -2.38. The molecule has 4 nitrogen and oxygen atoms in total. The zero-order valence-corrected chi connectivity index (χ0v) is 14.1. The molecule has 1 unspecified atom stereocenters. The highest BCUT2D eigenvalue weighted by molar-refractivity contribution is 6.30. The summed E-state index contributed by atoms with van der Waals surface area (Å²) in [6, 6.07) is 14.3. The smallest absolute Gasteiger partial charge is 0.362 e. The van der Waals surface area contributed by atoms with Crippen molar-refractivity contribution in [3.63, 3.8) is 0 Å². The molecule has 1 aliphatic rings. The van der Waals surface area contributed by atoms with Crippen LogP contribution in [0.1, 0.15) is 17.5 Å². The van der Waals surface area contributed by atoms with Crippen molar-refractivity contribution in [3.8, 4) is 0 Å². The topological polar surface area (TPSA) is 52.9 Å². The maximum Gasteiger partial charge on any atom is 0.438 e. The van der Waals surface area contributed by atoms with Crippen LogP contribution in [-0.2, 0) is 11.2 Å². The van der Waals surface area contributed by atoms with Crippen molar-refractivity contribution >= 4 is 23.2 Å². The van der Waals surface area contributed by atoms with Gasteiger partial charge in [-0.3, -0.25) is 4.79 Å². The number of aliphatic hydroxyl groups is 1. The number of alkyl halides is 3. The van der Waals surface area contributed by atoms with E-state index in [1.807, 2.05) is 0 Å². The minimum absolute atomic E-state index is 0.0390. The molecule has 8 heteroatoms. The third-order valence-electron chi connectivity index (χ3n) is 4.05. The molecule has 0 spiro atoms. The van der Waals surface area contributed by atoms with Gasteiger partial charge in [-0.1, -0.05) is 54.1 Å². The second-order valence-electron chi connectivity index (χ2n) is 5.91. The van der Waals surface area contributed by atoms with Gasteiger partial charge in [-0.15, -0.1) is 0 Å². The Morgan fingerprint density at radius 2 is 1.77 bits per heavy atom. The molecular weight excluding hydrogens is 369 g/mol. The maximum absolute atomic E-state index is 13.5. The lowest BCUT2D eigenvalue weighted by Crippen LogP contribution is -2.57.